The number of carboxylic acids is 1. The van der Waals surface area contributed by atoms with Crippen LogP contribution in [-0.2, 0) is 23.9 Å². The van der Waals surface area contributed by atoms with E-state index in [-0.39, 0.29) is 47.9 Å². The van der Waals surface area contributed by atoms with E-state index in [1.54, 1.807) is 6.08 Å². The summed E-state index contributed by atoms with van der Waals surface area (Å²) in [7, 11) is 0. The van der Waals surface area contributed by atoms with Crippen molar-refractivity contribution in [1.82, 2.24) is 0 Å². The van der Waals surface area contributed by atoms with Gasteiger partial charge in [0, 0.05) is 29.6 Å². The molecule has 188 valence electrons. The summed E-state index contributed by atoms with van der Waals surface area (Å²) in [4.78, 5) is 37.2. The molecule has 5 aliphatic rings. The minimum absolute atomic E-state index is 0.0322. The molecule has 1 spiro atoms. The van der Waals surface area contributed by atoms with Crippen LogP contribution in [0.2, 0.25) is 0 Å². The van der Waals surface area contributed by atoms with Crippen molar-refractivity contribution in [3.63, 3.8) is 0 Å². The summed E-state index contributed by atoms with van der Waals surface area (Å²) in [6.45, 7) is 6.72. The number of rotatable bonds is 7. The summed E-state index contributed by atoms with van der Waals surface area (Å²) in [5.41, 5.74) is -1.43. The molecule has 0 radical (unpaired) electrons. The van der Waals surface area contributed by atoms with Crippen LogP contribution in [0.1, 0.15) is 85.0 Å². The minimum atomic E-state index is -1.09. The number of aliphatic carboxylic acids is 1. The fourth-order valence-electron chi connectivity index (χ4n) is 8.50. The van der Waals surface area contributed by atoms with Crippen molar-refractivity contribution in [2.45, 2.75) is 102 Å². The van der Waals surface area contributed by atoms with Gasteiger partial charge >= 0.3 is 11.9 Å². The van der Waals surface area contributed by atoms with Crippen LogP contribution in [0.25, 0.3) is 0 Å². The highest BCUT2D eigenvalue weighted by atomic mass is 16.6. The molecule has 8 atom stereocenters. The molecule has 0 aromatic heterocycles. The van der Waals surface area contributed by atoms with E-state index < -0.39 is 28.5 Å². The predicted molar refractivity (Wildman–Crippen MR) is 123 cm³/mol. The van der Waals surface area contributed by atoms with Crippen LogP contribution in [0, 0.1) is 28.6 Å². The fraction of sp³-hybridized carbons (Fsp3) is 0.815. The number of esters is 1. The summed E-state index contributed by atoms with van der Waals surface area (Å²) in [5, 5.41) is 21.0. The van der Waals surface area contributed by atoms with Gasteiger partial charge in [0.2, 0.25) is 0 Å². The molecule has 4 fully saturated rings. The summed E-state index contributed by atoms with van der Waals surface area (Å²) in [5.74, 6) is -1.51. The number of hydrogen-bond acceptors (Lipinski definition) is 6. The molecule has 0 aromatic rings. The third-order valence-electron chi connectivity index (χ3n) is 10.5. The Morgan fingerprint density at radius 3 is 2.74 bits per heavy atom. The van der Waals surface area contributed by atoms with Crippen LogP contribution in [0.15, 0.2) is 11.6 Å². The zero-order valence-electron chi connectivity index (χ0n) is 20.6. The Bertz CT molecular complexity index is 941. The molecular weight excluding hydrogens is 436 g/mol. The van der Waals surface area contributed by atoms with Gasteiger partial charge in [-0.25, -0.2) is 0 Å². The Morgan fingerprint density at radius 2 is 2.03 bits per heavy atom. The van der Waals surface area contributed by atoms with Crippen molar-refractivity contribution in [2.75, 3.05) is 6.61 Å². The number of hydrogen-bond donors (Lipinski definition) is 2. The molecule has 2 N–H and O–H groups in total. The third kappa shape index (κ3) is 3.11. The quantitative estimate of drug-likeness (QED) is 0.328. The first-order valence-corrected chi connectivity index (χ1v) is 13.0. The van der Waals surface area contributed by atoms with Gasteiger partial charge in [-0.05, 0) is 56.9 Å². The van der Waals surface area contributed by atoms with E-state index in [0.717, 1.165) is 31.3 Å². The smallest absolute Gasteiger partial charge is 0.309 e. The molecule has 1 saturated heterocycles. The van der Waals surface area contributed by atoms with Crippen LogP contribution in [0.4, 0.5) is 0 Å². The lowest BCUT2D eigenvalue weighted by molar-refractivity contribution is -0.166. The molecular formula is C27H38O7. The summed E-state index contributed by atoms with van der Waals surface area (Å²) < 4.78 is 12.4. The molecule has 0 amide bonds. The maximum absolute atomic E-state index is 13.5. The second-order valence-electron chi connectivity index (χ2n) is 11.9. The standard InChI is InChI=1S/C27H38O7/c1-4-5-12-33-23(31)18-14-16-13-17(28)6-9-24(16,2)27-20(34-27)15-25(3)19(22(18)27)7-10-26(25,32)11-8-21(29)30/h13,18-20,22,32H,4-12,14-15H2,1-3H3,(H,29,30)/t18-,19+,20-,22+,24+,25+,26-,27-/m1/s1. The van der Waals surface area contributed by atoms with Gasteiger partial charge in [0.15, 0.2) is 5.78 Å². The Morgan fingerprint density at radius 1 is 1.26 bits per heavy atom. The van der Waals surface area contributed by atoms with Crippen molar-refractivity contribution in [3.8, 4) is 0 Å². The zero-order chi connectivity index (χ0) is 24.5. The highest BCUT2D eigenvalue weighted by Gasteiger charge is 2.82. The van der Waals surface area contributed by atoms with Gasteiger partial charge < -0.3 is 19.7 Å². The summed E-state index contributed by atoms with van der Waals surface area (Å²) in [6.07, 6.45) is 7.15. The molecule has 3 saturated carbocycles. The number of carboxylic acid groups (broad SMARTS) is 1. The number of ketones is 1. The zero-order valence-corrected chi connectivity index (χ0v) is 20.6. The van der Waals surface area contributed by atoms with Crippen molar-refractivity contribution in [3.05, 3.63) is 11.6 Å². The topological polar surface area (TPSA) is 113 Å². The maximum Gasteiger partial charge on any atom is 0.309 e. The van der Waals surface area contributed by atoms with E-state index in [1.165, 1.54) is 0 Å². The van der Waals surface area contributed by atoms with Crippen molar-refractivity contribution < 1.29 is 34.1 Å². The van der Waals surface area contributed by atoms with Gasteiger partial charge in [0.05, 0.1) is 24.2 Å². The molecule has 7 heteroatoms. The maximum atomic E-state index is 13.5. The molecule has 7 nitrogen and oxygen atoms in total. The van der Waals surface area contributed by atoms with E-state index in [0.29, 0.717) is 32.3 Å². The van der Waals surface area contributed by atoms with Gasteiger partial charge in [-0.3, -0.25) is 14.4 Å². The second-order valence-corrected chi connectivity index (χ2v) is 11.9. The van der Waals surface area contributed by atoms with Crippen LogP contribution in [-0.4, -0.2) is 51.8 Å². The van der Waals surface area contributed by atoms with Gasteiger partial charge in [0.1, 0.15) is 5.60 Å². The summed E-state index contributed by atoms with van der Waals surface area (Å²) >= 11 is 0. The van der Waals surface area contributed by atoms with Crippen LogP contribution in [0.3, 0.4) is 0 Å². The number of unbranched alkanes of at least 4 members (excludes halogenated alkanes) is 1. The number of aliphatic hydroxyl groups is 1. The Balaban J connectivity index is 1.55. The highest BCUT2D eigenvalue weighted by Crippen LogP contribution is 2.77. The molecule has 0 unspecified atom stereocenters. The first kappa shape index (κ1) is 24.0. The largest absolute Gasteiger partial charge is 0.481 e. The summed E-state index contributed by atoms with van der Waals surface area (Å²) in [6, 6.07) is 0. The van der Waals surface area contributed by atoms with Crippen LogP contribution < -0.4 is 0 Å². The number of carbonyl (C=O) groups excluding carboxylic acids is 2. The molecule has 1 aliphatic heterocycles. The Kier molecular flexibility index (Phi) is 5.56. The van der Waals surface area contributed by atoms with E-state index in [2.05, 4.69) is 20.8 Å². The van der Waals surface area contributed by atoms with Gasteiger partial charge in [-0.1, -0.05) is 32.8 Å². The minimum Gasteiger partial charge on any atom is -0.481 e. The molecule has 4 aliphatic carbocycles. The monoisotopic (exact) mass is 474 g/mol. The SMILES string of the molecule is CCCCOC(=O)[C@@H]1CC2=CC(=O)CC[C@]2(C)[C@@]23O[C@@H]2C[C@@]2(C)[C@@H](CC[C@@]2(O)CCC(=O)O)[C@H]13. The molecule has 0 aromatic carbocycles. The fourth-order valence-corrected chi connectivity index (χ4v) is 8.50. The average molecular weight is 475 g/mol. The lowest BCUT2D eigenvalue weighted by atomic mass is 9.43. The normalized spacial score (nSPS) is 46.5. The van der Waals surface area contributed by atoms with E-state index >= 15 is 0 Å². The number of carbonyl (C=O) groups is 3. The van der Waals surface area contributed by atoms with Gasteiger partial charge in [-0.2, -0.15) is 0 Å². The van der Waals surface area contributed by atoms with E-state index in [1.807, 2.05) is 0 Å². The van der Waals surface area contributed by atoms with E-state index in [4.69, 9.17) is 9.47 Å². The van der Waals surface area contributed by atoms with Crippen molar-refractivity contribution in [2.24, 2.45) is 28.6 Å². The number of epoxide rings is 1. The average Bonchev–Trinajstić information content (AvgIpc) is 3.44. The van der Waals surface area contributed by atoms with Crippen molar-refractivity contribution >= 4 is 17.7 Å². The number of fused-ring (bicyclic) bond motifs is 3. The predicted octanol–water partition coefficient (Wildman–Crippen LogP) is 3.81. The first-order valence-electron chi connectivity index (χ1n) is 13.0. The van der Waals surface area contributed by atoms with Gasteiger partial charge in [-0.15, -0.1) is 0 Å². The van der Waals surface area contributed by atoms with Crippen LogP contribution >= 0.6 is 0 Å². The molecule has 5 rings (SSSR count). The third-order valence-corrected chi connectivity index (χ3v) is 10.5. The molecule has 0 bridgehead atoms. The number of ether oxygens (including phenoxy) is 2. The lowest BCUT2D eigenvalue weighted by Gasteiger charge is -2.58. The Hall–Kier alpha value is -1.73. The second kappa shape index (κ2) is 7.89. The van der Waals surface area contributed by atoms with Crippen molar-refractivity contribution in [1.29, 1.82) is 0 Å². The van der Waals surface area contributed by atoms with Crippen LogP contribution in [0.5, 0.6) is 0 Å². The first-order chi connectivity index (χ1) is 16.0. The highest BCUT2D eigenvalue weighted by molar-refractivity contribution is 5.92. The van der Waals surface area contributed by atoms with Gasteiger partial charge in [0.25, 0.3) is 0 Å². The molecule has 34 heavy (non-hydrogen) atoms. The van der Waals surface area contributed by atoms with E-state index in [9.17, 15) is 24.6 Å². The molecule has 1 heterocycles. The lowest BCUT2D eigenvalue weighted by Crippen LogP contribution is -2.63. The Labute approximate surface area is 201 Å².